The van der Waals surface area contributed by atoms with Gasteiger partial charge in [0.05, 0.1) is 25.4 Å². The molecule has 0 saturated heterocycles. The number of aliphatic carboxylic acids is 1. The minimum atomic E-state index is -1.44. The molecule has 0 fully saturated rings. The summed E-state index contributed by atoms with van der Waals surface area (Å²) >= 11 is 1.38. The second kappa shape index (κ2) is 13.3. The lowest BCUT2D eigenvalue weighted by Crippen LogP contribution is -2.54. The standard InChI is InChI=1S/C15H26N6O7S/c1-29-3-2-8(15(27)28)21-14(26)9(5-11(18)23)20-12(24)6-19-13(25)7(16)4-10(17)22/h7-9H,2-6,16H2,1H3,(H2,17,22)(H2,18,23)(H,19,25)(H,20,24)(H,21,26)(H,27,28). The topological polar surface area (TPSA) is 237 Å². The number of hydrogen-bond acceptors (Lipinski definition) is 8. The highest BCUT2D eigenvalue weighted by molar-refractivity contribution is 7.98. The van der Waals surface area contributed by atoms with E-state index in [0.29, 0.717) is 5.75 Å². The molecule has 0 radical (unpaired) electrons. The fourth-order valence-corrected chi connectivity index (χ4v) is 2.50. The molecule has 0 spiro atoms. The zero-order valence-corrected chi connectivity index (χ0v) is 16.6. The SMILES string of the molecule is CSCCC(NC(=O)C(CC(N)=O)NC(=O)CNC(=O)C(N)CC(N)=O)C(=O)O. The molecule has 0 saturated carbocycles. The van der Waals surface area contributed by atoms with E-state index in [1.165, 1.54) is 11.8 Å². The van der Waals surface area contributed by atoms with E-state index in [9.17, 15) is 28.8 Å². The molecule has 0 rings (SSSR count). The number of rotatable bonds is 14. The average Bonchev–Trinajstić information content (AvgIpc) is 2.61. The quantitative estimate of drug-likeness (QED) is 0.141. The summed E-state index contributed by atoms with van der Waals surface area (Å²) in [5.74, 6) is -5.12. The first-order chi connectivity index (χ1) is 13.5. The molecular formula is C15H26N6O7S. The van der Waals surface area contributed by atoms with Gasteiger partial charge in [-0.3, -0.25) is 24.0 Å². The van der Waals surface area contributed by atoms with Gasteiger partial charge >= 0.3 is 5.97 Å². The van der Waals surface area contributed by atoms with Crippen molar-refractivity contribution >= 4 is 47.3 Å². The molecule has 13 nitrogen and oxygen atoms in total. The van der Waals surface area contributed by atoms with E-state index < -0.39 is 73.0 Å². The van der Waals surface area contributed by atoms with Crippen molar-refractivity contribution in [2.24, 2.45) is 17.2 Å². The van der Waals surface area contributed by atoms with Gasteiger partial charge in [-0.25, -0.2) is 4.79 Å². The van der Waals surface area contributed by atoms with Crippen LogP contribution in [0.5, 0.6) is 0 Å². The number of amides is 5. The Morgan fingerprint density at radius 2 is 1.52 bits per heavy atom. The van der Waals surface area contributed by atoms with Crippen molar-refractivity contribution in [1.29, 1.82) is 0 Å². The molecule has 0 aliphatic carbocycles. The summed E-state index contributed by atoms with van der Waals surface area (Å²) in [5.41, 5.74) is 15.4. The molecule has 10 N–H and O–H groups in total. The van der Waals surface area contributed by atoms with Crippen LogP contribution < -0.4 is 33.2 Å². The molecular weight excluding hydrogens is 408 g/mol. The molecule has 0 aliphatic heterocycles. The number of carboxylic acid groups (broad SMARTS) is 1. The molecule has 3 atom stereocenters. The van der Waals surface area contributed by atoms with Crippen LogP contribution in [0.3, 0.4) is 0 Å². The Balaban J connectivity index is 4.88. The van der Waals surface area contributed by atoms with E-state index in [0.717, 1.165) is 0 Å². The fourth-order valence-electron chi connectivity index (χ4n) is 2.03. The number of nitrogens with two attached hydrogens (primary N) is 3. The van der Waals surface area contributed by atoms with Crippen molar-refractivity contribution in [3.63, 3.8) is 0 Å². The Morgan fingerprint density at radius 3 is 2.00 bits per heavy atom. The lowest BCUT2D eigenvalue weighted by Gasteiger charge is -2.21. The van der Waals surface area contributed by atoms with Crippen molar-refractivity contribution < 1.29 is 33.9 Å². The number of thioether (sulfide) groups is 1. The lowest BCUT2D eigenvalue weighted by atomic mass is 10.1. The molecule has 0 aliphatic rings. The number of primary amides is 2. The number of carbonyl (C=O) groups excluding carboxylic acids is 5. The average molecular weight is 434 g/mol. The highest BCUT2D eigenvalue weighted by atomic mass is 32.2. The summed E-state index contributed by atoms with van der Waals surface area (Å²) in [5, 5.41) is 15.7. The predicted octanol–water partition coefficient (Wildman–Crippen LogP) is -4.01. The van der Waals surface area contributed by atoms with Crippen LogP contribution in [0.4, 0.5) is 0 Å². The van der Waals surface area contributed by atoms with Gasteiger partial charge in [-0.1, -0.05) is 0 Å². The first-order valence-electron chi connectivity index (χ1n) is 8.39. The minimum absolute atomic E-state index is 0.132. The maximum Gasteiger partial charge on any atom is 0.326 e. The smallest absolute Gasteiger partial charge is 0.326 e. The van der Waals surface area contributed by atoms with Crippen LogP contribution in [0.25, 0.3) is 0 Å². The van der Waals surface area contributed by atoms with Crippen LogP contribution in [-0.2, 0) is 28.8 Å². The molecule has 0 aromatic rings. The van der Waals surface area contributed by atoms with Gasteiger partial charge in [-0.05, 0) is 18.4 Å². The summed E-state index contributed by atoms with van der Waals surface area (Å²) in [6.07, 6.45) is 0.891. The third-order valence-corrected chi connectivity index (χ3v) is 4.11. The number of carboxylic acids is 1. The number of nitrogens with one attached hydrogen (secondary N) is 3. The molecule has 0 bridgehead atoms. The van der Waals surface area contributed by atoms with E-state index in [1.807, 2.05) is 0 Å². The second-order valence-corrected chi connectivity index (χ2v) is 6.95. The van der Waals surface area contributed by atoms with E-state index in [4.69, 9.17) is 22.3 Å². The first-order valence-corrected chi connectivity index (χ1v) is 9.78. The zero-order chi connectivity index (χ0) is 22.6. The van der Waals surface area contributed by atoms with Crippen molar-refractivity contribution in [3.8, 4) is 0 Å². The van der Waals surface area contributed by atoms with Crippen molar-refractivity contribution in [3.05, 3.63) is 0 Å². The van der Waals surface area contributed by atoms with Gasteiger partial charge in [0.1, 0.15) is 12.1 Å². The molecule has 0 heterocycles. The molecule has 29 heavy (non-hydrogen) atoms. The summed E-state index contributed by atoms with van der Waals surface area (Å²) < 4.78 is 0. The molecule has 3 unspecified atom stereocenters. The summed E-state index contributed by atoms with van der Waals surface area (Å²) in [6, 6.07) is -3.90. The fraction of sp³-hybridized carbons (Fsp3) is 0.600. The Hall–Kier alpha value is -2.87. The third kappa shape index (κ3) is 11.5. The van der Waals surface area contributed by atoms with Crippen molar-refractivity contribution in [1.82, 2.24) is 16.0 Å². The molecule has 164 valence electrons. The maximum absolute atomic E-state index is 12.3. The van der Waals surface area contributed by atoms with Gasteiger partial charge < -0.3 is 38.3 Å². The van der Waals surface area contributed by atoms with Gasteiger partial charge in [-0.2, -0.15) is 11.8 Å². The molecule has 0 aromatic heterocycles. The number of carbonyl (C=O) groups is 6. The Labute approximate surface area is 170 Å². The van der Waals surface area contributed by atoms with Crippen LogP contribution >= 0.6 is 11.8 Å². The van der Waals surface area contributed by atoms with Crippen LogP contribution in [0.2, 0.25) is 0 Å². The zero-order valence-electron chi connectivity index (χ0n) is 15.8. The van der Waals surface area contributed by atoms with Crippen LogP contribution in [0.1, 0.15) is 19.3 Å². The van der Waals surface area contributed by atoms with Crippen molar-refractivity contribution in [2.75, 3.05) is 18.6 Å². The summed E-state index contributed by atoms with van der Waals surface area (Å²) in [6.45, 7) is -0.608. The van der Waals surface area contributed by atoms with Crippen LogP contribution in [0.15, 0.2) is 0 Å². The van der Waals surface area contributed by atoms with Gasteiger partial charge in [0, 0.05) is 0 Å². The van der Waals surface area contributed by atoms with E-state index in [-0.39, 0.29) is 6.42 Å². The van der Waals surface area contributed by atoms with Crippen LogP contribution in [0, 0.1) is 0 Å². The predicted molar refractivity (Wildman–Crippen MR) is 103 cm³/mol. The van der Waals surface area contributed by atoms with Gasteiger partial charge in [0.2, 0.25) is 29.5 Å². The largest absolute Gasteiger partial charge is 0.480 e. The molecule has 0 aromatic carbocycles. The second-order valence-electron chi connectivity index (χ2n) is 5.97. The summed E-state index contributed by atoms with van der Waals surface area (Å²) in [7, 11) is 0. The van der Waals surface area contributed by atoms with Gasteiger partial charge in [-0.15, -0.1) is 0 Å². The highest BCUT2D eigenvalue weighted by Gasteiger charge is 2.28. The van der Waals surface area contributed by atoms with E-state index >= 15 is 0 Å². The Morgan fingerprint density at radius 1 is 0.931 bits per heavy atom. The minimum Gasteiger partial charge on any atom is -0.480 e. The Bertz CT molecular complexity index is 645. The van der Waals surface area contributed by atoms with Gasteiger partial charge in [0.15, 0.2) is 0 Å². The first kappa shape index (κ1) is 26.1. The normalized spacial score (nSPS) is 13.4. The van der Waals surface area contributed by atoms with E-state index in [2.05, 4.69) is 16.0 Å². The van der Waals surface area contributed by atoms with Crippen molar-refractivity contribution in [2.45, 2.75) is 37.4 Å². The molecule has 5 amide bonds. The van der Waals surface area contributed by atoms with E-state index in [1.54, 1.807) is 6.26 Å². The number of hydrogen-bond donors (Lipinski definition) is 7. The lowest BCUT2D eigenvalue weighted by molar-refractivity contribution is -0.142. The maximum atomic E-state index is 12.3. The van der Waals surface area contributed by atoms with Crippen LogP contribution in [-0.4, -0.2) is 77.3 Å². The van der Waals surface area contributed by atoms with Gasteiger partial charge in [0.25, 0.3) is 0 Å². The Kier molecular flexibility index (Phi) is 12.0. The monoisotopic (exact) mass is 434 g/mol. The third-order valence-electron chi connectivity index (χ3n) is 3.46. The molecule has 14 heteroatoms. The highest BCUT2D eigenvalue weighted by Crippen LogP contribution is 2.02. The summed E-state index contributed by atoms with van der Waals surface area (Å²) in [4.78, 5) is 69.1.